The van der Waals surface area contributed by atoms with Crippen LogP contribution in [0.25, 0.3) is 0 Å². The zero-order valence-electron chi connectivity index (χ0n) is 13.9. The predicted molar refractivity (Wildman–Crippen MR) is 97.3 cm³/mol. The molecule has 5 nitrogen and oxygen atoms in total. The number of nitrogens with zero attached hydrogens (tertiary/aromatic N) is 1. The number of hydrogen-bond donors (Lipinski definition) is 1. The monoisotopic (exact) mass is 408 g/mol. The van der Waals surface area contributed by atoms with Gasteiger partial charge in [0.1, 0.15) is 18.1 Å². The van der Waals surface area contributed by atoms with Gasteiger partial charge in [-0.3, -0.25) is 9.59 Å². The maximum Gasteiger partial charge on any atom is 0.257 e. The van der Waals surface area contributed by atoms with Crippen LogP contribution in [-0.2, 0) is 4.79 Å². The van der Waals surface area contributed by atoms with E-state index in [-0.39, 0.29) is 24.6 Å². The molecular weight excluding hydrogens is 391 g/mol. The Morgan fingerprint density at radius 3 is 2.68 bits per heavy atom. The first-order valence-electron chi connectivity index (χ1n) is 7.62. The van der Waals surface area contributed by atoms with Crippen molar-refractivity contribution in [2.24, 2.45) is 0 Å². The van der Waals surface area contributed by atoms with Crippen LogP contribution in [0.5, 0.6) is 5.75 Å². The molecule has 7 heteroatoms. The number of hydrogen-bond acceptors (Lipinski definition) is 3. The van der Waals surface area contributed by atoms with Gasteiger partial charge in [-0.1, -0.05) is 22.0 Å². The summed E-state index contributed by atoms with van der Waals surface area (Å²) < 4.78 is 19.6. The Kier molecular flexibility index (Phi) is 6.52. The summed E-state index contributed by atoms with van der Waals surface area (Å²) >= 11 is 3.22. The van der Waals surface area contributed by atoms with E-state index in [1.807, 2.05) is 0 Å². The van der Waals surface area contributed by atoms with E-state index in [0.29, 0.717) is 15.9 Å². The molecule has 0 unspecified atom stereocenters. The van der Waals surface area contributed by atoms with E-state index in [9.17, 15) is 14.0 Å². The summed E-state index contributed by atoms with van der Waals surface area (Å²) in [7, 11) is 1.53. The van der Waals surface area contributed by atoms with Crippen LogP contribution in [0.2, 0.25) is 0 Å². The molecular formula is C18H18BrFN2O3. The highest BCUT2D eigenvalue weighted by molar-refractivity contribution is 9.10. The van der Waals surface area contributed by atoms with E-state index in [0.717, 1.165) is 0 Å². The van der Waals surface area contributed by atoms with E-state index >= 15 is 0 Å². The molecule has 0 aromatic heterocycles. The molecule has 1 N–H and O–H groups in total. The summed E-state index contributed by atoms with van der Waals surface area (Å²) in [5, 5.41) is 2.70. The number of nitrogens with one attached hydrogen (secondary N) is 1. The highest BCUT2D eigenvalue weighted by Crippen LogP contribution is 2.18. The van der Waals surface area contributed by atoms with Gasteiger partial charge in [0.2, 0.25) is 5.91 Å². The van der Waals surface area contributed by atoms with Gasteiger partial charge in [-0.2, -0.15) is 0 Å². The number of carbonyl (C=O) groups is 2. The SMILES string of the molecule is CCN(CC(=O)Nc1cccc(OC)c1)C(=O)c1cc(Br)ccc1F. The molecule has 25 heavy (non-hydrogen) atoms. The van der Waals surface area contributed by atoms with Crippen LogP contribution >= 0.6 is 15.9 Å². The van der Waals surface area contributed by atoms with Crippen LogP contribution in [0.3, 0.4) is 0 Å². The third kappa shape index (κ3) is 5.03. The molecule has 132 valence electrons. The van der Waals surface area contributed by atoms with Crippen molar-refractivity contribution in [1.29, 1.82) is 0 Å². The fourth-order valence-electron chi connectivity index (χ4n) is 2.23. The molecule has 2 rings (SSSR count). The van der Waals surface area contributed by atoms with Crippen LogP contribution in [0, 0.1) is 5.82 Å². The van der Waals surface area contributed by atoms with Crippen molar-refractivity contribution < 1.29 is 18.7 Å². The lowest BCUT2D eigenvalue weighted by molar-refractivity contribution is -0.116. The Hall–Kier alpha value is -2.41. The predicted octanol–water partition coefficient (Wildman–Crippen LogP) is 3.70. The van der Waals surface area contributed by atoms with Gasteiger partial charge in [0, 0.05) is 22.8 Å². The highest BCUT2D eigenvalue weighted by atomic mass is 79.9. The summed E-state index contributed by atoms with van der Waals surface area (Å²) in [6.45, 7) is 1.82. The Balaban J connectivity index is 2.08. The second kappa shape index (κ2) is 8.62. The van der Waals surface area contributed by atoms with Gasteiger partial charge >= 0.3 is 0 Å². The molecule has 2 aromatic carbocycles. The highest BCUT2D eigenvalue weighted by Gasteiger charge is 2.20. The quantitative estimate of drug-likeness (QED) is 0.792. The smallest absolute Gasteiger partial charge is 0.257 e. The van der Waals surface area contributed by atoms with Gasteiger partial charge in [0.05, 0.1) is 12.7 Å². The van der Waals surface area contributed by atoms with Crippen molar-refractivity contribution in [1.82, 2.24) is 4.90 Å². The first-order chi connectivity index (χ1) is 11.9. The van der Waals surface area contributed by atoms with Crippen LogP contribution in [0.1, 0.15) is 17.3 Å². The molecule has 0 saturated heterocycles. The molecule has 0 bridgehead atoms. The first kappa shape index (κ1) is 18.9. The Morgan fingerprint density at radius 2 is 2.00 bits per heavy atom. The summed E-state index contributed by atoms with van der Waals surface area (Å²) in [5.74, 6) is -0.932. The fraction of sp³-hybridized carbons (Fsp3) is 0.222. The topological polar surface area (TPSA) is 58.6 Å². The molecule has 0 radical (unpaired) electrons. The van der Waals surface area contributed by atoms with Crippen molar-refractivity contribution >= 4 is 33.4 Å². The normalized spacial score (nSPS) is 10.2. The average molecular weight is 409 g/mol. The molecule has 0 saturated carbocycles. The largest absolute Gasteiger partial charge is 0.497 e. The maximum atomic E-state index is 13.9. The maximum absolute atomic E-state index is 13.9. The fourth-order valence-corrected chi connectivity index (χ4v) is 2.59. The zero-order chi connectivity index (χ0) is 18.4. The summed E-state index contributed by atoms with van der Waals surface area (Å²) in [6.07, 6.45) is 0. The third-order valence-corrected chi connectivity index (χ3v) is 4.01. The number of likely N-dealkylation sites (N-methyl/N-ethyl adjacent to an activating group) is 1. The van der Waals surface area contributed by atoms with E-state index in [2.05, 4.69) is 21.2 Å². The van der Waals surface area contributed by atoms with Crippen molar-refractivity contribution in [3.05, 3.63) is 58.3 Å². The molecule has 0 aliphatic heterocycles. The second-order valence-corrected chi connectivity index (χ2v) is 6.14. The summed E-state index contributed by atoms with van der Waals surface area (Å²) in [5.41, 5.74) is 0.479. The number of halogens is 2. The molecule has 0 atom stereocenters. The van der Waals surface area contributed by atoms with E-state index in [4.69, 9.17) is 4.74 Å². The van der Waals surface area contributed by atoms with Crippen LogP contribution < -0.4 is 10.1 Å². The molecule has 0 spiro atoms. The van der Waals surface area contributed by atoms with Crippen LogP contribution in [0.4, 0.5) is 10.1 Å². The van der Waals surface area contributed by atoms with Crippen molar-refractivity contribution in [3.63, 3.8) is 0 Å². The van der Waals surface area contributed by atoms with Crippen molar-refractivity contribution in [2.45, 2.75) is 6.92 Å². The molecule has 0 aliphatic rings. The van der Waals surface area contributed by atoms with Gasteiger partial charge in [-0.05, 0) is 37.3 Å². The van der Waals surface area contributed by atoms with Crippen LogP contribution in [0.15, 0.2) is 46.9 Å². The lowest BCUT2D eigenvalue weighted by Crippen LogP contribution is -2.38. The zero-order valence-corrected chi connectivity index (χ0v) is 15.5. The number of methoxy groups -OCH3 is 1. The number of benzene rings is 2. The van der Waals surface area contributed by atoms with Gasteiger partial charge in [0.15, 0.2) is 0 Å². The summed E-state index contributed by atoms with van der Waals surface area (Å²) in [4.78, 5) is 26.0. The molecule has 0 heterocycles. The van der Waals surface area contributed by atoms with Gasteiger partial charge in [-0.25, -0.2) is 4.39 Å². The van der Waals surface area contributed by atoms with E-state index in [1.165, 1.54) is 30.2 Å². The molecule has 2 amide bonds. The van der Waals surface area contributed by atoms with E-state index < -0.39 is 11.7 Å². The first-order valence-corrected chi connectivity index (χ1v) is 8.42. The van der Waals surface area contributed by atoms with Gasteiger partial charge in [0.25, 0.3) is 5.91 Å². The summed E-state index contributed by atoms with van der Waals surface area (Å²) in [6, 6.07) is 11.0. The number of rotatable bonds is 6. The average Bonchev–Trinajstić information content (AvgIpc) is 2.61. The molecule has 0 aliphatic carbocycles. The molecule has 0 fully saturated rings. The van der Waals surface area contributed by atoms with Crippen molar-refractivity contribution in [3.8, 4) is 5.75 Å². The van der Waals surface area contributed by atoms with Crippen molar-refractivity contribution in [2.75, 3.05) is 25.5 Å². The number of anilines is 1. The lowest BCUT2D eigenvalue weighted by Gasteiger charge is -2.21. The minimum atomic E-state index is -0.625. The number of carbonyl (C=O) groups excluding carboxylic acids is 2. The minimum Gasteiger partial charge on any atom is -0.497 e. The second-order valence-electron chi connectivity index (χ2n) is 5.22. The van der Waals surface area contributed by atoms with E-state index in [1.54, 1.807) is 31.2 Å². The number of ether oxygens (including phenoxy) is 1. The van der Waals surface area contributed by atoms with Gasteiger partial charge in [-0.15, -0.1) is 0 Å². The Bertz CT molecular complexity index is 783. The third-order valence-electron chi connectivity index (χ3n) is 3.52. The van der Waals surface area contributed by atoms with Crippen LogP contribution in [-0.4, -0.2) is 36.9 Å². The van der Waals surface area contributed by atoms with Gasteiger partial charge < -0.3 is 15.0 Å². The number of amides is 2. The lowest BCUT2D eigenvalue weighted by atomic mass is 10.2. The molecule has 2 aromatic rings. The standard InChI is InChI=1S/C18H18BrFN2O3/c1-3-22(18(24)15-9-12(19)7-8-16(15)20)11-17(23)21-13-5-4-6-14(10-13)25-2/h4-10H,3,11H2,1-2H3,(H,21,23). The minimum absolute atomic E-state index is 0.0783. The Labute approximate surface area is 153 Å². The Morgan fingerprint density at radius 1 is 1.24 bits per heavy atom.